The van der Waals surface area contributed by atoms with E-state index >= 15 is 0 Å². The van der Waals surface area contributed by atoms with E-state index in [1.807, 2.05) is 6.07 Å². The van der Waals surface area contributed by atoms with E-state index in [0.29, 0.717) is 11.1 Å². The lowest BCUT2D eigenvalue weighted by atomic mass is 9.84. The van der Waals surface area contributed by atoms with Gasteiger partial charge < -0.3 is 10.5 Å². The predicted molar refractivity (Wildman–Crippen MR) is 129 cm³/mol. The molecule has 2 N–H and O–H groups in total. The number of nitro groups is 2. The molecule has 0 saturated carbocycles. The molecule has 1 atom stereocenters. The number of esters is 1. The molecule has 0 unspecified atom stereocenters. The van der Waals surface area contributed by atoms with Crippen molar-refractivity contribution in [1.29, 1.82) is 5.26 Å². The van der Waals surface area contributed by atoms with Gasteiger partial charge in [-0.1, -0.05) is 12.1 Å². The van der Waals surface area contributed by atoms with Gasteiger partial charge in [-0.15, -0.1) is 11.3 Å². The summed E-state index contributed by atoms with van der Waals surface area (Å²) >= 11 is 0.933. The summed E-state index contributed by atoms with van der Waals surface area (Å²) in [5, 5.41) is 31.9. The van der Waals surface area contributed by atoms with Crippen LogP contribution in [0.2, 0.25) is 0 Å². The molecular formula is C23H15N5O7S. The van der Waals surface area contributed by atoms with Crippen LogP contribution in [0.25, 0.3) is 17.5 Å². The fraction of sp³-hybridized carbons (Fsp3) is 0.0870. The standard InChI is InChI=1S/C23H15N5O7S/c1-35-23(30)19-18(13-4-8-15(9-5-13)28(33)34)16(11-24)20(25)26-21(29)17(36-22(19)26)10-12-2-6-14(7-3-12)27(31)32/h2-10,18H,25H2,1H3/b17-10-/t18-/m0/s1. The van der Waals surface area contributed by atoms with Gasteiger partial charge in [-0.05, 0) is 29.3 Å². The number of aromatic nitrogens is 1. The minimum Gasteiger partial charge on any atom is -0.466 e. The first-order valence-electron chi connectivity index (χ1n) is 10.1. The maximum absolute atomic E-state index is 13.3. The topological polar surface area (TPSA) is 184 Å². The molecule has 0 fully saturated rings. The number of non-ortho nitro benzene ring substituents is 2. The Morgan fingerprint density at radius 2 is 1.67 bits per heavy atom. The lowest BCUT2D eigenvalue weighted by Gasteiger charge is -2.24. The van der Waals surface area contributed by atoms with Crippen LogP contribution >= 0.6 is 11.3 Å². The van der Waals surface area contributed by atoms with E-state index in [9.17, 15) is 35.1 Å². The monoisotopic (exact) mass is 505 g/mol. The summed E-state index contributed by atoms with van der Waals surface area (Å²) in [5.74, 6) is -2.03. The van der Waals surface area contributed by atoms with Crippen molar-refractivity contribution >= 4 is 46.2 Å². The SMILES string of the molecule is COC(=O)C1=c2s/c(=C\c3ccc([N+](=O)[O-])cc3)c(=O)n2C(N)=C(C#N)[C@@H]1c1ccc([N+](=O)[O-])cc1. The van der Waals surface area contributed by atoms with Gasteiger partial charge in [-0.3, -0.25) is 29.6 Å². The van der Waals surface area contributed by atoms with E-state index < -0.39 is 27.3 Å². The summed E-state index contributed by atoms with van der Waals surface area (Å²) in [4.78, 5) is 47.0. The molecule has 2 aromatic carbocycles. The zero-order chi connectivity index (χ0) is 26.1. The minimum absolute atomic E-state index is 0.0254. The highest BCUT2D eigenvalue weighted by molar-refractivity contribution is 7.07. The molecule has 1 aromatic heterocycles. The van der Waals surface area contributed by atoms with Crippen molar-refractivity contribution in [3.63, 3.8) is 0 Å². The highest BCUT2D eigenvalue weighted by Gasteiger charge is 2.36. The molecular weight excluding hydrogens is 490 g/mol. The van der Waals surface area contributed by atoms with Crippen LogP contribution in [-0.4, -0.2) is 27.5 Å². The highest BCUT2D eigenvalue weighted by atomic mass is 32.1. The van der Waals surface area contributed by atoms with Crippen LogP contribution < -0.4 is 20.5 Å². The van der Waals surface area contributed by atoms with Gasteiger partial charge in [-0.2, -0.15) is 5.26 Å². The molecule has 1 aliphatic rings. The molecule has 180 valence electrons. The maximum atomic E-state index is 13.3. The van der Waals surface area contributed by atoms with Crippen molar-refractivity contribution in [2.24, 2.45) is 5.73 Å². The lowest BCUT2D eigenvalue weighted by Crippen LogP contribution is -2.40. The van der Waals surface area contributed by atoms with Gasteiger partial charge in [0, 0.05) is 24.3 Å². The molecule has 0 spiro atoms. The van der Waals surface area contributed by atoms with Crippen molar-refractivity contribution < 1.29 is 19.4 Å². The summed E-state index contributed by atoms with van der Waals surface area (Å²) in [7, 11) is 1.15. The molecule has 1 aliphatic heterocycles. The Balaban J connectivity index is 2.01. The second kappa shape index (κ2) is 9.28. The number of nitriles is 1. The van der Waals surface area contributed by atoms with Gasteiger partial charge in [0.15, 0.2) is 0 Å². The number of rotatable bonds is 5. The van der Waals surface area contributed by atoms with Gasteiger partial charge in [0.25, 0.3) is 16.9 Å². The number of hydrogen-bond donors (Lipinski definition) is 1. The number of nitrogens with zero attached hydrogens (tertiary/aromatic N) is 4. The fourth-order valence-corrected chi connectivity index (χ4v) is 4.99. The summed E-state index contributed by atoms with van der Waals surface area (Å²) in [6.07, 6.45) is 1.48. The second-order valence-corrected chi connectivity index (χ2v) is 8.53. The Kier molecular flexibility index (Phi) is 6.20. The highest BCUT2D eigenvalue weighted by Crippen LogP contribution is 2.37. The fourth-order valence-electron chi connectivity index (χ4n) is 3.82. The Hall–Kier alpha value is -5.09. The number of allylic oxidation sites excluding steroid dienone is 1. The van der Waals surface area contributed by atoms with Crippen molar-refractivity contribution in [3.8, 4) is 6.07 Å². The van der Waals surface area contributed by atoms with Crippen LogP contribution in [0.1, 0.15) is 17.0 Å². The first-order valence-corrected chi connectivity index (χ1v) is 10.9. The minimum atomic E-state index is -1.03. The quantitative estimate of drug-likeness (QED) is 0.303. The Labute approximate surface area is 205 Å². The normalized spacial score (nSPS) is 15.3. The Morgan fingerprint density at radius 1 is 1.11 bits per heavy atom. The maximum Gasteiger partial charge on any atom is 0.337 e. The van der Waals surface area contributed by atoms with Gasteiger partial charge in [-0.25, -0.2) is 4.79 Å². The predicted octanol–water partition coefficient (Wildman–Crippen LogP) is 1.33. The number of fused-ring (bicyclic) bond motifs is 1. The van der Waals surface area contributed by atoms with Crippen LogP contribution in [0, 0.1) is 31.6 Å². The van der Waals surface area contributed by atoms with Crippen LogP contribution in [0.3, 0.4) is 0 Å². The number of nitro benzene ring substituents is 2. The third-order valence-electron chi connectivity index (χ3n) is 5.51. The summed E-state index contributed by atoms with van der Waals surface area (Å²) in [5.41, 5.74) is 6.08. The molecule has 0 radical (unpaired) electrons. The average Bonchev–Trinajstić information content (AvgIpc) is 3.19. The third-order valence-corrected chi connectivity index (χ3v) is 6.62. The van der Waals surface area contributed by atoms with E-state index in [1.54, 1.807) is 0 Å². The number of carbonyl (C=O) groups excluding carboxylic acids is 1. The summed E-state index contributed by atoms with van der Waals surface area (Å²) in [6, 6.07) is 12.7. The van der Waals surface area contributed by atoms with E-state index in [4.69, 9.17) is 10.5 Å². The smallest absolute Gasteiger partial charge is 0.337 e. The van der Waals surface area contributed by atoms with E-state index in [1.165, 1.54) is 54.6 Å². The number of thiazole rings is 1. The molecule has 0 aliphatic carbocycles. The molecule has 0 bridgehead atoms. The molecule has 4 rings (SSSR count). The lowest BCUT2D eigenvalue weighted by molar-refractivity contribution is -0.385. The third kappa shape index (κ3) is 4.01. The van der Waals surface area contributed by atoms with Crippen molar-refractivity contribution in [1.82, 2.24) is 4.57 Å². The second-order valence-electron chi connectivity index (χ2n) is 7.50. The first-order chi connectivity index (χ1) is 17.2. The van der Waals surface area contributed by atoms with Crippen molar-refractivity contribution in [3.05, 3.63) is 105 Å². The molecule has 0 saturated heterocycles. The number of nitrogens with two attached hydrogens (primary N) is 1. The average molecular weight is 505 g/mol. The number of carbonyl (C=O) groups is 1. The van der Waals surface area contributed by atoms with Gasteiger partial charge in [0.1, 0.15) is 10.5 Å². The first kappa shape index (κ1) is 24.0. The van der Waals surface area contributed by atoms with E-state index in [2.05, 4.69) is 0 Å². The van der Waals surface area contributed by atoms with E-state index in [0.717, 1.165) is 23.0 Å². The zero-order valence-corrected chi connectivity index (χ0v) is 19.2. The largest absolute Gasteiger partial charge is 0.466 e. The number of ether oxygens (including phenoxy) is 1. The van der Waals surface area contributed by atoms with Gasteiger partial charge in [0.05, 0.1) is 44.6 Å². The molecule has 36 heavy (non-hydrogen) atoms. The molecule has 3 aromatic rings. The number of methoxy groups -OCH3 is 1. The Morgan fingerprint density at radius 3 is 2.17 bits per heavy atom. The Bertz CT molecular complexity index is 1680. The van der Waals surface area contributed by atoms with Gasteiger partial charge >= 0.3 is 5.97 Å². The van der Waals surface area contributed by atoms with Crippen molar-refractivity contribution in [2.75, 3.05) is 7.11 Å². The summed E-state index contributed by atoms with van der Waals surface area (Å²) < 4.78 is 6.30. The molecule has 12 nitrogen and oxygen atoms in total. The van der Waals surface area contributed by atoms with Crippen LogP contribution in [0.15, 0.2) is 58.9 Å². The van der Waals surface area contributed by atoms with Crippen LogP contribution in [0.5, 0.6) is 0 Å². The molecule has 2 heterocycles. The van der Waals surface area contributed by atoms with Gasteiger partial charge in [0.2, 0.25) is 0 Å². The molecule has 13 heteroatoms. The van der Waals surface area contributed by atoms with Crippen molar-refractivity contribution in [2.45, 2.75) is 5.92 Å². The summed E-state index contributed by atoms with van der Waals surface area (Å²) in [6.45, 7) is 0. The number of hydrogen-bond acceptors (Lipinski definition) is 10. The zero-order valence-electron chi connectivity index (χ0n) is 18.4. The van der Waals surface area contributed by atoms with E-state index in [-0.39, 0.29) is 37.5 Å². The van der Waals surface area contributed by atoms with Crippen LogP contribution in [0.4, 0.5) is 11.4 Å². The number of benzene rings is 2. The molecule has 0 amide bonds. The van der Waals surface area contributed by atoms with Crippen LogP contribution in [-0.2, 0) is 9.53 Å².